The minimum Gasteiger partial charge on any atom is -0.452 e. The van der Waals surface area contributed by atoms with Crippen LogP contribution in [0.2, 0.25) is 5.04 Å². The SMILES string of the molecule is COC(=O)N(C(=O)[C@@H](N)C(c1ccccc1)c1ccccc1)c1c(SC[C@@H](CO[Si](c2ccccc2)(c2ccccc2)C(C)(C)C)NS(=O)(=O)c2ccc([N+](=O)[O-])cc2)cc[nH]c1=O. The number of aromatic amines is 1. The number of benzene rings is 5. The molecule has 0 saturated heterocycles. The first-order valence-electron chi connectivity index (χ1n) is 20.2. The number of H-pyrrole nitrogens is 1. The Labute approximate surface area is 377 Å². The summed E-state index contributed by atoms with van der Waals surface area (Å²) in [6, 6.07) is 41.2. The molecular weight excluding hydrogens is 871 g/mol. The van der Waals surface area contributed by atoms with Gasteiger partial charge in [-0.1, -0.05) is 142 Å². The van der Waals surface area contributed by atoms with Gasteiger partial charge < -0.3 is 19.9 Å². The standard InChI is InChI=1S/C47H49N5O9S2Si/c1-47(2,3)64(38-21-13-7-14-22-38,39-23-15-8-16-24-39)61-31-35(50-63(58,59)37-27-25-36(26-28-37)52(56)57)32-62-40-29-30-49-44(53)43(40)51(46(55)60-4)45(54)42(48)41(33-17-9-5-10-18-33)34-19-11-6-12-20-34/h5-30,35,41-42,50H,31-32,48H2,1-4H3,(H,49,53)/t35-,42+/m1/s1. The normalized spacial score (nSPS) is 12.9. The van der Waals surface area contributed by atoms with Crippen LogP contribution < -0.4 is 31.3 Å². The molecule has 1 aromatic heterocycles. The second-order valence-corrected chi connectivity index (χ2v) is 22.9. The van der Waals surface area contributed by atoms with Crippen molar-refractivity contribution in [3.63, 3.8) is 0 Å². The first-order valence-corrected chi connectivity index (χ1v) is 24.6. The van der Waals surface area contributed by atoms with Gasteiger partial charge in [-0.3, -0.25) is 19.7 Å². The number of carbonyl (C=O) groups excluding carboxylic acids is 2. The largest absolute Gasteiger partial charge is 0.452 e. The summed E-state index contributed by atoms with van der Waals surface area (Å²) in [5.41, 5.74) is 6.72. The van der Waals surface area contributed by atoms with Crippen LogP contribution in [0.15, 0.2) is 172 Å². The summed E-state index contributed by atoms with van der Waals surface area (Å²) >= 11 is 1.00. The number of methoxy groups -OCH3 is 1. The van der Waals surface area contributed by atoms with Crippen LogP contribution in [0.1, 0.15) is 37.8 Å². The third-order valence-corrected chi connectivity index (χ3v) is 18.4. The van der Waals surface area contributed by atoms with Gasteiger partial charge in [0, 0.05) is 34.9 Å². The Kier molecular flexibility index (Phi) is 15.2. The number of nitro groups is 1. The molecule has 1 heterocycles. The summed E-state index contributed by atoms with van der Waals surface area (Å²) in [6.07, 6.45) is 0.184. The number of aromatic nitrogens is 1. The molecule has 0 aliphatic carbocycles. The molecule has 0 aliphatic heterocycles. The topological polar surface area (TPSA) is 204 Å². The molecule has 0 fully saturated rings. The summed E-state index contributed by atoms with van der Waals surface area (Å²) in [5, 5.41) is 12.8. The summed E-state index contributed by atoms with van der Waals surface area (Å²) in [7, 11) is -6.52. The fourth-order valence-electron chi connectivity index (χ4n) is 7.71. The number of nitro benzene ring substituents is 1. The Morgan fingerprint density at radius 2 is 1.33 bits per heavy atom. The van der Waals surface area contributed by atoms with E-state index in [4.69, 9.17) is 14.9 Å². The quantitative estimate of drug-likeness (QED) is 0.0387. The number of nitrogens with two attached hydrogens (primary N) is 1. The van der Waals surface area contributed by atoms with E-state index in [2.05, 4.69) is 30.5 Å². The first-order chi connectivity index (χ1) is 30.6. The van der Waals surface area contributed by atoms with Crippen LogP contribution in [0, 0.1) is 10.1 Å². The molecular formula is C47H49N5O9S2Si. The lowest BCUT2D eigenvalue weighted by atomic mass is 9.85. The van der Waals surface area contributed by atoms with Crippen LogP contribution in [-0.2, 0) is 24.0 Å². The number of anilines is 1. The van der Waals surface area contributed by atoms with Gasteiger partial charge in [0.2, 0.25) is 10.0 Å². The Morgan fingerprint density at radius 3 is 1.80 bits per heavy atom. The monoisotopic (exact) mass is 919 g/mol. The number of nitrogens with one attached hydrogen (secondary N) is 2. The van der Waals surface area contributed by atoms with E-state index in [0.29, 0.717) is 16.0 Å². The van der Waals surface area contributed by atoms with Gasteiger partial charge in [-0.2, -0.15) is 0 Å². The molecule has 6 aromatic rings. The number of non-ortho nitro benzene ring substituents is 1. The van der Waals surface area contributed by atoms with Gasteiger partial charge in [0.1, 0.15) is 5.69 Å². The maximum atomic E-state index is 14.7. The fourth-order valence-corrected chi connectivity index (χ4v) is 14.7. The fraction of sp³-hybridized carbons (Fsp3) is 0.213. The number of thioether (sulfide) groups is 1. The maximum absolute atomic E-state index is 14.7. The van der Waals surface area contributed by atoms with Crippen molar-refractivity contribution in [3.05, 3.63) is 189 Å². The van der Waals surface area contributed by atoms with Crippen LogP contribution in [0.4, 0.5) is 16.2 Å². The number of sulfonamides is 1. The van der Waals surface area contributed by atoms with E-state index in [0.717, 1.165) is 53.5 Å². The third-order valence-electron chi connectivity index (χ3n) is 10.7. The highest BCUT2D eigenvalue weighted by molar-refractivity contribution is 7.99. The van der Waals surface area contributed by atoms with Crippen LogP contribution in [0.25, 0.3) is 0 Å². The Bertz CT molecular complexity index is 2630. The van der Waals surface area contributed by atoms with Crippen LogP contribution in [0.5, 0.6) is 0 Å². The lowest BCUT2D eigenvalue weighted by Gasteiger charge is -2.43. The second kappa shape index (κ2) is 20.5. The lowest BCUT2D eigenvalue weighted by molar-refractivity contribution is -0.384. The molecule has 0 radical (unpaired) electrons. The highest BCUT2D eigenvalue weighted by atomic mass is 32.2. The van der Waals surface area contributed by atoms with Crippen LogP contribution in [0.3, 0.4) is 0 Å². The molecule has 0 bridgehead atoms. The van der Waals surface area contributed by atoms with Crippen molar-refractivity contribution < 1.29 is 32.1 Å². The minimum atomic E-state index is -4.35. The number of nitrogens with zero attached hydrogens (tertiary/aromatic N) is 2. The predicted molar refractivity (Wildman–Crippen MR) is 251 cm³/mol. The van der Waals surface area contributed by atoms with Crippen molar-refractivity contribution in [1.29, 1.82) is 0 Å². The zero-order chi connectivity index (χ0) is 46.1. The van der Waals surface area contributed by atoms with Crippen LogP contribution >= 0.6 is 11.8 Å². The zero-order valence-electron chi connectivity index (χ0n) is 35.6. The average Bonchev–Trinajstić information content (AvgIpc) is 3.30. The molecule has 64 heavy (non-hydrogen) atoms. The van der Waals surface area contributed by atoms with Gasteiger partial charge >= 0.3 is 6.09 Å². The summed E-state index contributed by atoms with van der Waals surface area (Å²) in [4.78, 5) is 56.1. The smallest absolute Gasteiger partial charge is 0.421 e. The number of rotatable bonds is 17. The third kappa shape index (κ3) is 10.4. The van der Waals surface area contributed by atoms with Gasteiger partial charge in [0.05, 0.1) is 35.6 Å². The summed E-state index contributed by atoms with van der Waals surface area (Å²) < 4.78 is 43.2. The van der Waals surface area contributed by atoms with E-state index >= 15 is 0 Å². The molecule has 0 aliphatic rings. The van der Waals surface area contributed by atoms with Crippen LogP contribution in [-0.4, -0.2) is 70.2 Å². The Balaban J connectivity index is 1.40. The van der Waals surface area contributed by atoms with Gasteiger partial charge in [-0.15, -0.1) is 11.8 Å². The molecule has 5 aromatic carbocycles. The van der Waals surface area contributed by atoms with Gasteiger partial charge in [-0.25, -0.2) is 22.8 Å². The van der Waals surface area contributed by atoms with E-state index in [1.807, 2.05) is 97.1 Å². The Morgan fingerprint density at radius 1 is 0.828 bits per heavy atom. The van der Waals surface area contributed by atoms with Gasteiger partial charge in [0.25, 0.3) is 25.5 Å². The second-order valence-electron chi connectivity index (χ2n) is 15.8. The maximum Gasteiger partial charge on any atom is 0.421 e. The first kappa shape index (κ1) is 47.3. The number of imide groups is 1. The van der Waals surface area contributed by atoms with Crippen molar-refractivity contribution in [2.45, 2.75) is 53.6 Å². The molecule has 332 valence electrons. The predicted octanol–water partition coefficient (Wildman–Crippen LogP) is 6.56. The van der Waals surface area contributed by atoms with Crippen molar-refractivity contribution >= 4 is 63.9 Å². The highest BCUT2D eigenvalue weighted by Gasteiger charge is 2.50. The molecule has 2 amide bonds. The number of hydrogen-bond donors (Lipinski definition) is 3. The van der Waals surface area contributed by atoms with Crippen molar-refractivity contribution in [2.24, 2.45) is 5.73 Å². The molecule has 0 spiro atoms. The van der Waals surface area contributed by atoms with Crippen molar-refractivity contribution in [2.75, 3.05) is 24.4 Å². The molecule has 14 nitrogen and oxygen atoms in total. The van der Waals surface area contributed by atoms with Crippen molar-refractivity contribution in [1.82, 2.24) is 9.71 Å². The highest BCUT2D eigenvalue weighted by Crippen LogP contribution is 2.38. The number of ether oxygens (including phenoxy) is 1. The minimum absolute atomic E-state index is 0.0905. The molecule has 0 saturated carbocycles. The van der Waals surface area contributed by atoms with E-state index < -0.39 is 63.9 Å². The van der Waals surface area contributed by atoms with Gasteiger partial charge in [-0.05, 0) is 44.7 Å². The van der Waals surface area contributed by atoms with Gasteiger partial charge in [0.15, 0.2) is 0 Å². The molecule has 17 heteroatoms. The van der Waals surface area contributed by atoms with E-state index in [1.54, 1.807) is 24.3 Å². The lowest BCUT2D eigenvalue weighted by Crippen LogP contribution is -2.67. The summed E-state index contributed by atoms with van der Waals surface area (Å²) in [6.45, 7) is 6.06. The van der Waals surface area contributed by atoms with E-state index in [9.17, 15) is 32.9 Å². The Hall–Kier alpha value is -6.21. The number of pyridine rings is 1. The number of amides is 2. The molecule has 6 rings (SSSR count). The summed E-state index contributed by atoms with van der Waals surface area (Å²) in [5.74, 6) is -1.75. The average molecular weight is 920 g/mol. The number of carbonyl (C=O) groups is 2. The molecule has 2 atom stereocenters. The molecule has 4 N–H and O–H groups in total. The molecule has 0 unspecified atom stereocenters. The van der Waals surface area contributed by atoms with E-state index in [-0.39, 0.29) is 33.5 Å². The van der Waals surface area contributed by atoms with Crippen molar-refractivity contribution in [3.8, 4) is 0 Å². The number of hydrogen-bond acceptors (Lipinski definition) is 11. The van der Waals surface area contributed by atoms with E-state index in [1.165, 1.54) is 12.3 Å². The zero-order valence-corrected chi connectivity index (χ0v) is 38.3.